The van der Waals surface area contributed by atoms with Crippen molar-refractivity contribution >= 4 is 77.0 Å². The smallest absolute Gasteiger partial charge is 0.261 e. The highest BCUT2D eigenvalue weighted by Gasteiger charge is 2.35. The summed E-state index contributed by atoms with van der Waals surface area (Å²) < 4.78 is 58.6. The lowest BCUT2D eigenvalue weighted by Crippen LogP contribution is -2.28. The van der Waals surface area contributed by atoms with Crippen molar-refractivity contribution in [1.29, 1.82) is 0 Å². The maximum atomic E-state index is 13.4. The van der Waals surface area contributed by atoms with Gasteiger partial charge in [-0.2, -0.15) is 0 Å². The van der Waals surface area contributed by atoms with Crippen LogP contribution in [0.1, 0.15) is 30.7 Å². The van der Waals surface area contributed by atoms with Crippen molar-refractivity contribution in [2.45, 2.75) is 35.0 Å². The molecule has 1 fully saturated rings. The molecule has 40 heavy (non-hydrogen) atoms. The van der Waals surface area contributed by atoms with Gasteiger partial charge in [-0.3, -0.25) is 19.0 Å². The lowest BCUT2D eigenvalue weighted by atomic mass is 9.80. The van der Waals surface area contributed by atoms with Gasteiger partial charge in [0.05, 0.1) is 21.2 Å². The average molecular weight is 618 g/mol. The quantitative estimate of drug-likeness (QED) is 0.240. The lowest BCUT2D eigenvalue weighted by molar-refractivity contribution is -0.131. The summed E-state index contributed by atoms with van der Waals surface area (Å²) in [7, 11) is -8.32. The van der Waals surface area contributed by atoms with E-state index < -0.39 is 26.0 Å². The molecule has 206 valence electrons. The summed E-state index contributed by atoms with van der Waals surface area (Å²) in [5, 5.41) is 1.37. The third-order valence-corrected chi connectivity index (χ3v) is 9.86. The van der Waals surface area contributed by atoms with Crippen molar-refractivity contribution < 1.29 is 26.4 Å². The van der Waals surface area contributed by atoms with Gasteiger partial charge in [0.15, 0.2) is 0 Å². The zero-order chi connectivity index (χ0) is 28.7. The van der Waals surface area contributed by atoms with Gasteiger partial charge < -0.3 is 0 Å². The minimum atomic E-state index is -4.20. The van der Waals surface area contributed by atoms with Gasteiger partial charge in [0.2, 0.25) is 0 Å². The van der Waals surface area contributed by atoms with E-state index in [4.69, 9.17) is 23.2 Å². The highest BCUT2D eigenvalue weighted by molar-refractivity contribution is 7.93. The Kier molecular flexibility index (Phi) is 7.62. The molecule has 4 aromatic rings. The Balaban J connectivity index is 1.72. The number of benzene rings is 4. The number of hydrogen-bond acceptors (Lipinski definition) is 6. The summed E-state index contributed by atoms with van der Waals surface area (Å²) in [5.74, 6) is -2.00. The normalized spacial score (nSPS) is 14.8. The number of fused-ring (bicyclic) bond motifs is 1. The molecule has 0 atom stereocenters. The molecule has 8 nitrogen and oxygen atoms in total. The fraction of sp³-hybridized carbons (Fsp3) is 0.143. The Morgan fingerprint density at radius 3 is 1.65 bits per heavy atom. The maximum absolute atomic E-state index is 13.4. The van der Waals surface area contributed by atoms with Gasteiger partial charge in [-0.25, -0.2) is 16.8 Å². The van der Waals surface area contributed by atoms with Gasteiger partial charge in [0.1, 0.15) is 17.5 Å². The van der Waals surface area contributed by atoms with E-state index in [0.717, 1.165) is 0 Å². The van der Waals surface area contributed by atoms with E-state index >= 15 is 0 Å². The minimum Gasteiger partial charge on any atom is -0.299 e. The highest BCUT2D eigenvalue weighted by Crippen LogP contribution is 2.42. The first-order chi connectivity index (χ1) is 19.0. The van der Waals surface area contributed by atoms with Crippen molar-refractivity contribution in [3.8, 4) is 0 Å². The van der Waals surface area contributed by atoms with Crippen LogP contribution >= 0.6 is 23.2 Å². The molecule has 5 rings (SSSR count). The molecule has 0 saturated heterocycles. The summed E-state index contributed by atoms with van der Waals surface area (Å²) in [5.41, 5.74) is 0.175. The number of Topliss-reactive ketones (excluding diaryl/α,β-unsaturated/α-hetero) is 2. The van der Waals surface area contributed by atoms with Crippen molar-refractivity contribution in [3.05, 3.63) is 94.5 Å². The Labute approximate surface area is 241 Å². The van der Waals surface area contributed by atoms with Crippen molar-refractivity contribution in [3.63, 3.8) is 0 Å². The van der Waals surface area contributed by atoms with Gasteiger partial charge in [-0.05, 0) is 66.6 Å². The molecule has 1 aliphatic rings. The van der Waals surface area contributed by atoms with E-state index in [1.54, 1.807) is 24.3 Å². The Morgan fingerprint density at radius 2 is 1.12 bits per heavy atom. The third kappa shape index (κ3) is 5.57. The Bertz CT molecular complexity index is 1840. The number of sulfonamides is 2. The SMILES string of the molecule is O=C1CCCC(=O)C1c1cc(NS(=O)(=O)c2ccc(Cl)cc2)c2ccccc2c1NS(=O)(=O)c1ccc(Cl)cc1. The van der Waals surface area contributed by atoms with Gasteiger partial charge in [0.25, 0.3) is 20.0 Å². The molecule has 0 amide bonds. The van der Waals surface area contributed by atoms with E-state index in [0.29, 0.717) is 27.2 Å². The summed E-state index contributed by atoms with van der Waals surface area (Å²) in [6, 6.07) is 19.0. The molecule has 1 aliphatic carbocycles. The summed E-state index contributed by atoms with van der Waals surface area (Å²) in [4.78, 5) is 26.0. The topological polar surface area (TPSA) is 126 Å². The number of ketones is 2. The fourth-order valence-corrected chi connectivity index (χ4v) is 7.13. The van der Waals surface area contributed by atoms with E-state index in [9.17, 15) is 26.4 Å². The fourth-order valence-electron chi connectivity index (χ4n) is 4.70. The van der Waals surface area contributed by atoms with Gasteiger partial charge in [-0.15, -0.1) is 0 Å². The van der Waals surface area contributed by atoms with Crippen molar-refractivity contribution in [2.24, 2.45) is 0 Å². The van der Waals surface area contributed by atoms with Gasteiger partial charge in [0, 0.05) is 33.7 Å². The third-order valence-electron chi connectivity index (χ3n) is 6.61. The van der Waals surface area contributed by atoms with Crippen LogP contribution in [0.5, 0.6) is 0 Å². The molecule has 0 radical (unpaired) electrons. The second kappa shape index (κ2) is 10.9. The van der Waals surface area contributed by atoms with Crippen LogP contribution in [0.3, 0.4) is 0 Å². The second-order valence-electron chi connectivity index (χ2n) is 9.27. The van der Waals surface area contributed by atoms with Crippen LogP contribution in [0.25, 0.3) is 10.8 Å². The molecule has 0 bridgehead atoms. The largest absolute Gasteiger partial charge is 0.299 e. The van der Waals surface area contributed by atoms with Crippen LogP contribution in [0.2, 0.25) is 10.0 Å². The predicted molar refractivity (Wildman–Crippen MR) is 155 cm³/mol. The van der Waals surface area contributed by atoms with Crippen molar-refractivity contribution in [1.82, 2.24) is 0 Å². The van der Waals surface area contributed by atoms with Crippen LogP contribution in [-0.2, 0) is 29.6 Å². The van der Waals surface area contributed by atoms with Crippen LogP contribution in [-0.4, -0.2) is 28.4 Å². The standard InChI is InChI=1S/C28H22Cl2N2O6S2/c29-17-8-12-19(13-9-17)39(35,36)31-24-16-23(27-25(33)6-3-7-26(27)34)28(22-5-2-1-4-21(22)24)32-40(37,38)20-14-10-18(30)11-15-20/h1-2,4-5,8-16,27,31-32H,3,6-7H2. The molecule has 0 spiro atoms. The highest BCUT2D eigenvalue weighted by atomic mass is 35.5. The van der Waals surface area contributed by atoms with Crippen LogP contribution in [0.15, 0.2) is 88.7 Å². The number of anilines is 2. The van der Waals surface area contributed by atoms with Crippen LogP contribution < -0.4 is 9.44 Å². The molecule has 0 aliphatic heterocycles. The van der Waals surface area contributed by atoms with Crippen LogP contribution in [0, 0.1) is 0 Å². The second-order valence-corrected chi connectivity index (χ2v) is 13.5. The van der Waals surface area contributed by atoms with Crippen LogP contribution in [0.4, 0.5) is 11.4 Å². The number of halogens is 2. The molecule has 0 aromatic heterocycles. The summed E-state index contributed by atoms with van der Waals surface area (Å²) >= 11 is 11.8. The van der Waals surface area contributed by atoms with E-state index in [1.807, 2.05) is 0 Å². The number of rotatable bonds is 7. The zero-order valence-corrected chi connectivity index (χ0v) is 23.9. The molecule has 4 aromatic carbocycles. The number of carbonyl (C=O) groups excluding carboxylic acids is 2. The molecule has 0 unspecified atom stereocenters. The molecule has 2 N–H and O–H groups in total. The predicted octanol–water partition coefficient (Wildman–Crippen LogP) is 6.15. The Morgan fingerprint density at radius 1 is 0.650 bits per heavy atom. The van der Waals surface area contributed by atoms with Gasteiger partial charge >= 0.3 is 0 Å². The summed E-state index contributed by atoms with van der Waals surface area (Å²) in [6.07, 6.45) is 0.667. The first-order valence-electron chi connectivity index (χ1n) is 12.1. The van der Waals surface area contributed by atoms with Crippen molar-refractivity contribution in [2.75, 3.05) is 9.44 Å². The number of carbonyl (C=O) groups is 2. The number of nitrogens with one attached hydrogen (secondary N) is 2. The lowest BCUT2D eigenvalue weighted by Gasteiger charge is -2.25. The molecule has 12 heteroatoms. The molecule has 1 saturated carbocycles. The Hall–Kier alpha value is -3.44. The first kappa shape index (κ1) is 28.1. The summed E-state index contributed by atoms with van der Waals surface area (Å²) in [6.45, 7) is 0. The maximum Gasteiger partial charge on any atom is 0.261 e. The zero-order valence-electron chi connectivity index (χ0n) is 20.7. The van der Waals surface area contributed by atoms with E-state index in [1.165, 1.54) is 54.6 Å². The molecule has 0 heterocycles. The van der Waals surface area contributed by atoms with Gasteiger partial charge in [-0.1, -0.05) is 47.5 Å². The first-order valence-corrected chi connectivity index (χ1v) is 15.9. The minimum absolute atomic E-state index is 0.0218. The van der Waals surface area contributed by atoms with E-state index in [2.05, 4.69) is 9.44 Å². The number of hydrogen-bond donors (Lipinski definition) is 2. The average Bonchev–Trinajstić information content (AvgIpc) is 2.91. The monoisotopic (exact) mass is 616 g/mol. The molecular formula is C28H22Cl2N2O6S2. The van der Waals surface area contributed by atoms with E-state index in [-0.39, 0.29) is 51.1 Å². The molecular weight excluding hydrogens is 595 g/mol.